The van der Waals surface area contributed by atoms with Gasteiger partial charge in [0.15, 0.2) is 29.0 Å². The van der Waals surface area contributed by atoms with E-state index in [-0.39, 0.29) is 17.1 Å². The quantitative estimate of drug-likeness (QED) is 0.0671. The molecule has 0 spiro atoms. The van der Waals surface area contributed by atoms with Crippen molar-refractivity contribution in [3.8, 4) is 33.8 Å². The molecule has 0 atom stereocenters. The first-order chi connectivity index (χ1) is 41.2. The number of likely N-dealkylation sites (tertiary alicyclic amines) is 3. The average Bonchev–Trinajstić information content (AvgIpc) is 3.22. The number of benzene rings is 3. The molecule has 3 aliphatic rings. The first-order valence-corrected chi connectivity index (χ1v) is 29.2. The average molecular weight is 1150 g/mol. The molecule has 85 heavy (non-hydrogen) atoms. The van der Waals surface area contributed by atoms with Gasteiger partial charge in [-0.25, -0.2) is 49.7 Å². The topological polar surface area (TPSA) is 301 Å². The van der Waals surface area contributed by atoms with Gasteiger partial charge in [-0.15, -0.1) is 0 Å². The summed E-state index contributed by atoms with van der Waals surface area (Å²) in [6.07, 6.45) is 14.7. The maximum atomic E-state index is 12.7. The van der Waals surface area contributed by atoms with Gasteiger partial charge in [0.1, 0.15) is 35.5 Å². The van der Waals surface area contributed by atoms with Gasteiger partial charge in [-0.2, -0.15) is 0 Å². The fourth-order valence-corrected chi connectivity index (χ4v) is 10.8. The van der Waals surface area contributed by atoms with Crippen molar-refractivity contribution in [3.05, 3.63) is 145 Å². The number of carbonyl (C=O) groups is 3. The van der Waals surface area contributed by atoms with Crippen molar-refractivity contribution in [2.24, 2.45) is 23.5 Å². The van der Waals surface area contributed by atoms with Crippen molar-refractivity contribution in [3.63, 3.8) is 0 Å². The first kappa shape index (κ1) is 60.8. The van der Waals surface area contributed by atoms with Gasteiger partial charge in [0.05, 0.1) is 39.2 Å². The number of nitrogen functional groups attached to an aromatic ring is 3. The van der Waals surface area contributed by atoms with Crippen LogP contribution in [0.3, 0.4) is 0 Å². The number of nitrogens with two attached hydrogens (primary N) is 4. The molecular weight excluding hydrogens is 1070 g/mol. The van der Waals surface area contributed by atoms with E-state index >= 15 is 0 Å². The van der Waals surface area contributed by atoms with Gasteiger partial charge >= 0.3 is 5.97 Å². The third-order valence-electron chi connectivity index (χ3n) is 16.3. The summed E-state index contributed by atoms with van der Waals surface area (Å²) in [5, 5.41) is 9.01. The van der Waals surface area contributed by atoms with E-state index < -0.39 is 5.97 Å². The van der Waals surface area contributed by atoms with E-state index in [9.17, 15) is 14.4 Å². The third kappa shape index (κ3) is 16.5. The third-order valence-corrected chi connectivity index (χ3v) is 16.3. The number of ketones is 2. The molecule has 440 valence electrons. The van der Waals surface area contributed by atoms with E-state index in [0.717, 1.165) is 85.1 Å². The maximum absolute atomic E-state index is 12.7. The lowest BCUT2D eigenvalue weighted by Gasteiger charge is -2.28. The number of aromatic nitrogens is 9. The molecule has 20 nitrogen and oxygen atoms in total. The summed E-state index contributed by atoms with van der Waals surface area (Å²) in [7, 11) is 6.49. The van der Waals surface area contributed by atoms with Gasteiger partial charge in [0.25, 0.3) is 0 Å². The second-order valence-electron chi connectivity index (χ2n) is 22.4. The van der Waals surface area contributed by atoms with Crippen molar-refractivity contribution in [2.75, 3.05) is 84.2 Å². The number of fused-ring (bicyclic) bond motifs is 3. The number of hydrogen-bond acceptors (Lipinski definition) is 19. The number of rotatable bonds is 13. The molecule has 9 N–H and O–H groups in total. The fraction of sp³-hybridized carbons (Fsp3) is 0.354. The van der Waals surface area contributed by atoms with Crippen molar-refractivity contribution in [1.82, 2.24) is 59.6 Å². The summed E-state index contributed by atoms with van der Waals surface area (Å²) >= 11 is 0. The highest BCUT2D eigenvalue weighted by molar-refractivity contribution is 5.98. The molecule has 0 aliphatic carbocycles. The van der Waals surface area contributed by atoms with Gasteiger partial charge in [-0.3, -0.25) is 9.59 Å². The summed E-state index contributed by atoms with van der Waals surface area (Å²) < 4.78 is 0. The Morgan fingerprint density at radius 1 is 0.447 bits per heavy atom. The molecule has 3 saturated heterocycles. The molecule has 12 rings (SSSR count). The highest BCUT2D eigenvalue weighted by Gasteiger charge is 2.21. The van der Waals surface area contributed by atoms with Crippen LogP contribution in [0.4, 0.5) is 17.5 Å². The summed E-state index contributed by atoms with van der Waals surface area (Å²) in [4.78, 5) is 81.5. The lowest BCUT2D eigenvalue weighted by molar-refractivity contribution is 0.0696. The zero-order chi connectivity index (χ0) is 59.8. The number of nitrogens with zero attached hydrogens (tertiary/aromatic N) is 12. The molecule has 9 aromatic rings. The Morgan fingerprint density at radius 2 is 0.765 bits per heavy atom. The number of aromatic carboxylic acids is 1. The Hall–Kier alpha value is -8.82. The Morgan fingerprint density at radius 3 is 1.09 bits per heavy atom. The van der Waals surface area contributed by atoms with Crippen LogP contribution in [0.15, 0.2) is 128 Å². The number of piperidine rings is 3. The molecule has 20 heteroatoms. The predicted octanol–water partition coefficient (Wildman–Crippen LogP) is 9.42. The Bertz CT molecular complexity index is 3580. The molecule has 0 saturated carbocycles. The highest BCUT2D eigenvalue weighted by Crippen LogP contribution is 2.29. The number of carbonyl (C=O) groups excluding carboxylic acids is 2. The number of hydrogen-bond donors (Lipinski definition) is 5. The number of carboxylic acids is 1. The van der Waals surface area contributed by atoms with E-state index in [2.05, 4.69) is 80.7 Å². The number of carboxylic acid groups (broad SMARTS) is 1. The largest absolute Gasteiger partial charge is 0.478 e. The minimum atomic E-state index is -0.976. The SMILES string of the molecule is CN1CCC(CCC(=O)c2cccc(-c3ccc4ncnc(N)c4n3)c2)CC1.CN1CCC(CCC(=O)c2cccc(-c3ccc4ncnc(N)c4n3)c2)CC1.CN1CCC(CN)CC1.Nc1ncnc2ccc(-c3cccc(C(=O)O)c3)nc12. The van der Waals surface area contributed by atoms with Crippen LogP contribution in [0, 0.1) is 17.8 Å². The summed E-state index contributed by atoms with van der Waals surface area (Å²) in [6.45, 7) is 7.89. The molecular formula is C65H76N16O4. The van der Waals surface area contributed by atoms with Crippen LogP contribution >= 0.6 is 0 Å². The molecule has 3 aliphatic heterocycles. The lowest BCUT2D eigenvalue weighted by atomic mass is 9.90. The molecule has 0 radical (unpaired) electrons. The Kier molecular flexibility index (Phi) is 20.8. The van der Waals surface area contributed by atoms with E-state index in [1.165, 1.54) is 76.7 Å². The molecule has 3 aromatic carbocycles. The van der Waals surface area contributed by atoms with E-state index in [1.807, 2.05) is 72.8 Å². The van der Waals surface area contributed by atoms with E-state index in [1.54, 1.807) is 30.3 Å². The minimum absolute atomic E-state index is 0.199. The molecule has 3 fully saturated rings. The second-order valence-corrected chi connectivity index (χ2v) is 22.4. The van der Waals surface area contributed by atoms with Crippen LogP contribution in [0.5, 0.6) is 0 Å². The maximum Gasteiger partial charge on any atom is 0.335 e. The number of Topliss-reactive ketones (excluding diaryl/α,β-unsaturated/α-hetero) is 2. The van der Waals surface area contributed by atoms with Crippen LogP contribution in [0.25, 0.3) is 66.9 Å². The van der Waals surface area contributed by atoms with Crippen molar-refractivity contribution < 1.29 is 19.5 Å². The second kappa shape index (κ2) is 29.1. The zero-order valence-corrected chi connectivity index (χ0v) is 48.7. The van der Waals surface area contributed by atoms with Gasteiger partial charge in [-0.1, -0.05) is 48.5 Å². The van der Waals surface area contributed by atoms with Crippen molar-refractivity contribution in [1.29, 1.82) is 0 Å². The fourth-order valence-electron chi connectivity index (χ4n) is 10.8. The van der Waals surface area contributed by atoms with Crippen LogP contribution in [0.1, 0.15) is 95.3 Å². The van der Waals surface area contributed by atoms with Gasteiger partial charge in [0.2, 0.25) is 0 Å². The molecule has 0 unspecified atom stereocenters. The predicted molar refractivity (Wildman–Crippen MR) is 335 cm³/mol. The van der Waals surface area contributed by atoms with Crippen LogP contribution in [-0.4, -0.2) is 149 Å². The van der Waals surface area contributed by atoms with Crippen molar-refractivity contribution in [2.45, 2.75) is 64.2 Å². The molecule has 6 aromatic heterocycles. The molecule has 9 heterocycles. The Balaban J connectivity index is 0.000000144. The zero-order valence-electron chi connectivity index (χ0n) is 48.7. The standard InChI is InChI=1S/2C22H25N5O.C14H10N4O2.C7H16N2/c2*1-27-11-9-15(10-12-27)5-8-20(28)17-4-2-3-16(13-17)18-6-7-19-21(26-18)22(23)25-14-24-19;15-13-12-11(16-7-17-13)5-4-10(18-12)8-2-1-3-9(6-8)14(19)20;1-9-4-2-7(6-8)3-5-9/h2*2-4,6-7,13-15H,5,8-12H2,1H3,(H2,23,24,25);1-7H,(H,19,20)(H2,15,16,17);7H,2-6,8H2,1H3. The highest BCUT2D eigenvalue weighted by atomic mass is 16.4. The summed E-state index contributed by atoms with van der Waals surface area (Å²) in [5.74, 6) is 2.56. The van der Waals surface area contributed by atoms with Gasteiger partial charge in [0, 0.05) is 40.7 Å². The lowest BCUT2D eigenvalue weighted by Crippen LogP contribution is -2.33. The number of anilines is 3. The molecule has 0 bridgehead atoms. The van der Waals surface area contributed by atoms with Gasteiger partial charge in [-0.05, 0) is 197 Å². The van der Waals surface area contributed by atoms with E-state index in [4.69, 9.17) is 28.0 Å². The van der Waals surface area contributed by atoms with Crippen LogP contribution in [0.2, 0.25) is 0 Å². The monoisotopic (exact) mass is 1140 g/mol. The van der Waals surface area contributed by atoms with Gasteiger partial charge < -0.3 is 42.7 Å². The Labute approximate surface area is 495 Å². The minimum Gasteiger partial charge on any atom is -0.478 e. The number of pyridine rings is 3. The van der Waals surface area contributed by atoms with Crippen molar-refractivity contribution >= 4 is 68.1 Å². The smallest absolute Gasteiger partial charge is 0.335 e. The first-order valence-electron chi connectivity index (χ1n) is 29.2. The van der Waals surface area contributed by atoms with Crippen LogP contribution in [-0.2, 0) is 0 Å². The van der Waals surface area contributed by atoms with Crippen LogP contribution < -0.4 is 22.9 Å². The molecule has 0 amide bonds. The summed E-state index contributed by atoms with van der Waals surface area (Å²) in [6, 6.07) is 33.0. The summed E-state index contributed by atoms with van der Waals surface area (Å²) in [5.41, 5.74) is 33.2. The normalized spacial score (nSPS) is 15.5. The van der Waals surface area contributed by atoms with E-state index in [0.29, 0.717) is 86.5 Å².